The average Bonchev–Trinajstić information content (AvgIpc) is 2.49. The molecular formula is C15H24Cl2O3. The van der Waals surface area contributed by atoms with E-state index in [1.807, 2.05) is 32.9 Å². The normalized spacial score (nSPS) is 10.6. The van der Waals surface area contributed by atoms with E-state index >= 15 is 0 Å². The van der Waals surface area contributed by atoms with Crippen molar-refractivity contribution in [1.82, 2.24) is 0 Å². The van der Waals surface area contributed by atoms with Gasteiger partial charge in [-0.25, -0.2) is 0 Å². The van der Waals surface area contributed by atoms with E-state index in [0.29, 0.717) is 35.1 Å². The minimum atomic E-state index is -0.509. The number of rotatable bonds is 4. The lowest BCUT2D eigenvalue weighted by atomic mass is 10.3. The Balaban J connectivity index is 0. The third-order valence-electron chi connectivity index (χ3n) is 2.30. The van der Waals surface area contributed by atoms with Crippen molar-refractivity contribution < 1.29 is 15.0 Å². The SMILES string of the molecule is CCC(=O)CC.CCC(O)CO.Clc1ccccc1Cl. The Kier molecular flexibility index (Phi) is 16.0. The molecule has 0 aliphatic heterocycles. The first-order chi connectivity index (χ1) is 9.42. The monoisotopic (exact) mass is 322 g/mol. The van der Waals surface area contributed by atoms with E-state index in [2.05, 4.69) is 0 Å². The van der Waals surface area contributed by atoms with E-state index in [-0.39, 0.29) is 6.61 Å². The zero-order chi connectivity index (χ0) is 16.0. The maximum Gasteiger partial charge on any atom is 0.132 e. The number of hydrogen-bond acceptors (Lipinski definition) is 3. The van der Waals surface area contributed by atoms with Gasteiger partial charge in [-0.05, 0) is 18.6 Å². The van der Waals surface area contributed by atoms with E-state index in [9.17, 15) is 4.79 Å². The summed E-state index contributed by atoms with van der Waals surface area (Å²) in [4.78, 5) is 10.2. The van der Waals surface area contributed by atoms with Gasteiger partial charge in [0.1, 0.15) is 5.78 Å². The van der Waals surface area contributed by atoms with E-state index in [0.717, 1.165) is 0 Å². The Morgan fingerprint density at radius 1 is 1.10 bits per heavy atom. The summed E-state index contributed by atoms with van der Waals surface area (Å²) >= 11 is 11.2. The Labute approximate surface area is 131 Å². The number of halogens is 2. The second-order valence-corrected chi connectivity index (χ2v) is 4.72. The van der Waals surface area contributed by atoms with Crippen molar-refractivity contribution in [3.8, 4) is 0 Å². The second-order valence-electron chi connectivity index (χ2n) is 3.90. The van der Waals surface area contributed by atoms with Crippen molar-refractivity contribution >= 4 is 29.0 Å². The van der Waals surface area contributed by atoms with Gasteiger partial charge in [0.05, 0.1) is 22.8 Å². The molecule has 1 atom stereocenters. The van der Waals surface area contributed by atoms with Crippen molar-refractivity contribution in [3.05, 3.63) is 34.3 Å². The molecular weight excluding hydrogens is 299 g/mol. The van der Waals surface area contributed by atoms with Crippen molar-refractivity contribution in [2.24, 2.45) is 0 Å². The summed E-state index contributed by atoms with van der Waals surface area (Å²) in [5.41, 5.74) is 0. The molecule has 0 bridgehead atoms. The number of ketones is 1. The van der Waals surface area contributed by atoms with Gasteiger partial charge in [-0.3, -0.25) is 4.79 Å². The van der Waals surface area contributed by atoms with Crippen molar-refractivity contribution in [1.29, 1.82) is 0 Å². The van der Waals surface area contributed by atoms with E-state index in [1.54, 1.807) is 12.1 Å². The van der Waals surface area contributed by atoms with Gasteiger partial charge in [-0.2, -0.15) is 0 Å². The molecule has 3 nitrogen and oxygen atoms in total. The quantitative estimate of drug-likeness (QED) is 0.876. The number of aliphatic hydroxyl groups excluding tert-OH is 2. The lowest BCUT2D eigenvalue weighted by Crippen LogP contribution is -2.08. The van der Waals surface area contributed by atoms with Crippen molar-refractivity contribution in [3.63, 3.8) is 0 Å². The highest BCUT2D eigenvalue weighted by atomic mass is 35.5. The third kappa shape index (κ3) is 13.8. The van der Waals surface area contributed by atoms with Crippen molar-refractivity contribution in [2.75, 3.05) is 6.61 Å². The first-order valence-corrected chi connectivity index (χ1v) is 7.38. The van der Waals surface area contributed by atoms with Gasteiger partial charge in [0, 0.05) is 12.8 Å². The molecule has 0 amide bonds. The highest BCUT2D eigenvalue weighted by Crippen LogP contribution is 2.19. The smallest absolute Gasteiger partial charge is 0.132 e. The minimum Gasteiger partial charge on any atom is -0.394 e. The Morgan fingerprint density at radius 2 is 1.50 bits per heavy atom. The lowest BCUT2D eigenvalue weighted by molar-refractivity contribution is -0.118. The van der Waals surface area contributed by atoms with E-state index in [1.165, 1.54) is 0 Å². The maximum atomic E-state index is 10.2. The fourth-order valence-corrected chi connectivity index (χ4v) is 1.09. The molecule has 20 heavy (non-hydrogen) atoms. The fraction of sp³-hybridized carbons (Fsp3) is 0.533. The molecule has 1 unspecified atom stereocenters. The van der Waals surface area contributed by atoms with Crippen molar-refractivity contribution in [2.45, 2.75) is 46.1 Å². The van der Waals surface area contributed by atoms with Crippen LogP contribution in [0.5, 0.6) is 0 Å². The number of hydrogen-bond donors (Lipinski definition) is 2. The summed E-state index contributed by atoms with van der Waals surface area (Å²) in [6.45, 7) is 5.47. The maximum absolute atomic E-state index is 10.2. The molecule has 5 heteroatoms. The van der Waals surface area contributed by atoms with Gasteiger partial charge in [-0.15, -0.1) is 0 Å². The van der Waals surface area contributed by atoms with Gasteiger partial charge in [-0.1, -0.05) is 56.1 Å². The average molecular weight is 323 g/mol. The molecule has 0 saturated heterocycles. The molecule has 0 saturated carbocycles. The van der Waals surface area contributed by atoms with Crippen LogP contribution in [0.15, 0.2) is 24.3 Å². The highest BCUT2D eigenvalue weighted by molar-refractivity contribution is 6.41. The predicted molar refractivity (Wildman–Crippen MR) is 85.4 cm³/mol. The van der Waals surface area contributed by atoms with Gasteiger partial charge in [0.15, 0.2) is 0 Å². The number of Topliss-reactive ketones (excluding diaryl/α,β-unsaturated/α-hetero) is 1. The third-order valence-corrected chi connectivity index (χ3v) is 3.05. The number of benzene rings is 1. The Morgan fingerprint density at radius 3 is 1.60 bits per heavy atom. The molecule has 0 fully saturated rings. The summed E-state index contributed by atoms with van der Waals surface area (Å²) in [5.74, 6) is 0.343. The van der Waals surface area contributed by atoms with Gasteiger partial charge in [0.2, 0.25) is 0 Å². The van der Waals surface area contributed by atoms with Crippen LogP contribution in [0.4, 0.5) is 0 Å². The van der Waals surface area contributed by atoms with Gasteiger partial charge >= 0.3 is 0 Å². The van der Waals surface area contributed by atoms with Crippen LogP contribution >= 0.6 is 23.2 Å². The van der Waals surface area contributed by atoms with E-state index in [4.69, 9.17) is 33.4 Å². The summed E-state index contributed by atoms with van der Waals surface area (Å²) in [7, 11) is 0. The number of carbonyl (C=O) groups is 1. The molecule has 0 aliphatic rings. The molecule has 2 N–H and O–H groups in total. The number of carbonyl (C=O) groups excluding carboxylic acids is 1. The topological polar surface area (TPSA) is 57.5 Å². The van der Waals surface area contributed by atoms with Crippen LogP contribution in [-0.4, -0.2) is 28.7 Å². The summed E-state index contributed by atoms with van der Waals surface area (Å²) in [5, 5.41) is 17.7. The first-order valence-electron chi connectivity index (χ1n) is 6.63. The zero-order valence-corrected chi connectivity index (χ0v) is 13.8. The molecule has 0 aliphatic carbocycles. The largest absolute Gasteiger partial charge is 0.394 e. The van der Waals surface area contributed by atoms with Crippen LogP contribution in [0.1, 0.15) is 40.0 Å². The molecule has 0 spiro atoms. The molecule has 116 valence electrons. The summed E-state index contributed by atoms with van der Waals surface area (Å²) < 4.78 is 0. The molecule has 1 rings (SSSR count). The molecule has 0 radical (unpaired) electrons. The minimum absolute atomic E-state index is 0.115. The van der Waals surface area contributed by atoms with Crippen LogP contribution in [0.2, 0.25) is 10.0 Å². The van der Waals surface area contributed by atoms with Gasteiger partial charge < -0.3 is 10.2 Å². The second kappa shape index (κ2) is 14.8. The molecule has 1 aromatic carbocycles. The van der Waals surface area contributed by atoms with Crippen LogP contribution < -0.4 is 0 Å². The van der Waals surface area contributed by atoms with Crippen LogP contribution in [0, 0.1) is 0 Å². The number of aliphatic hydroxyl groups is 2. The molecule has 0 heterocycles. The first kappa shape index (κ1) is 21.7. The standard InChI is InChI=1S/C6H4Cl2.C5H10O.C4H10O2/c7-5-3-1-2-4-6(5)8;1-3-5(6)4-2;1-2-4(6)3-5/h1-4H;3-4H2,1-2H3;4-6H,2-3H2,1H3. The summed E-state index contributed by atoms with van der Waals surface area (Å²) in [6.07, 6.45) is 1.51. The van der Waals surface area contributed by atoms with Crippen LogP contribution in [0.3, 0.4) is 0 Å². The Hall–Kier alpha value is -0.610. The fourth-order valence-electron chi connectivity index (χ4n) is 0.818. The highest BCUT2D eigenvalue weighted by Gasteiger charge is 1.92. The van der Waals surface area contributed by atoms with E-state index < -0.39 is 6.10 Å². The van der Waals surface area contributed by atoms with Crippen LogP contribution in [0.25, 0.3) is 0 Å². The Bertz CT molecular complexity index is 326. The lowest BCUT2D eigenvalue weighted by Gasteiger charge is -1.97. The predicted octanol–water partition coefficient (Wildman–Crippen LogP) is 4.12. The molecule has 0 aromatic heterocycles. The molecule has 1 aromatic rings. The van der Waals surface area contributed by atoms with Crippen LogP contribution in [-0.2, 0) is 4.79 Å². The summed E-state index contributed by atoms with van der Waals surface area (Å²) in [6, 6.07) is 7.19. The zero-order valence-electron chi connectivity index (χ0n) is 12.3. The van der Waals surface area contributed by atoms with Gasteiger partial charge in [0.25, 0.3) is 0 Å².